The molecule has 1 aliphatic heterocycles. The first kappa shape index (κ1) is 28.9. The molecule has 1 saturated heterocycles. The molecule has 40 heavy (non-hydrogen) atoms. The summed E-state index contributed by atoms with van der Waals surface area (Å²) in [4.78, 5) is 40.3. The van der Waals surface area contributed by atoms with Gasteiger partial charge in [0.15, 0.2) is 12.6 Å². The molecule has 1 unspecified atom stereocenters. The fourth-order valence-corrected chi connectivity index (χ4v) is 7.54. The Labute approximate surface area is 236 Å². The minimum Gasteiger partial charge on any atom is -0.484 e. The lowest BCUT2D eigenvalue weighted by molar-refractivity contribution is -0.163. The van der Waals surface area contributed by atoms with Gasteiger partial charge in [0.1, 0.15) is 23.8 Å². The van der Waals surface area contributed by atoms with Gasteiger partial charge in [-0.2, -0.15) is 0 Å². The highest BCUT2D eigenvalue weighted by Gasteiger charge is 2.55. The molecule has 3 aromatic rings. The first-order valence-corrected chi connectivity index (χ1v) is 15.2. The van der Waals surface area contributed by atoms with Crippen LogP contribution in [0.3, 0.4) is 0 Å². The Morgan fingerprint density at radius 3 is 2.15 bits per heavy atom. The van der Waals surface area contributed by atoms with Crippen LogP contribution in [0.25, 0.3) is 0 Å². The molecule has 11 heteroatoms. The van der Waals surface area contributed by atoms with Gasteiger partial charge in [-0.3, -0.25) is 9.59 Å². The van der Waals surface area contributed by atoms with Gasteiger partial charge in [0.05, 0.1) is 4.90 Å². The summed E-state index contributed by atoms with van der Waals surface area (Å²) in [6.45, 7) is 4.97. The van der Waals surface area contributed by atoms with Crippen molar-refractivity contribution in [2.75, 3.05) is 6.61 Å². The van der Waals surface area contributed by atoms with E-state index in [9.17, 15) is 22.8 Å². The van der Waals surface area contributed by atoms with Crippen LogP contribution in [0, 0.1) is 0 Å². The van der Waals surface area contributed by atoms with Crippen molar-refractivity contribution in [3.63, 3.8) is 0 Å². The Balaban J connectivity index is 1.54. The second-order valence-electron chi connectivity index (χ2n) is 8.99. The predicted octanol–water partition coefficient (Wildman–Crippen LogP) is 3.53. The van der Waals surface area contributed by atoms with E-state index in [1.807, 2.05) is 6.07 Å². The number of carbonyl (C=O) groups excluding carboxylic acids is 3. The number of esters is 1. The molecular weight excluding hydrogens is 552 g/mol. The third-order valence-electron chi connectivity index (χ3n) is 5.96. The third kappa shape index (κ3) is 6.91. The standard InChI is InChI=1S/C29H28N2O7S2/c1-20(2)26(29(34)38-18-21-12-6-3-7-13-21)31-27(33)25(30-24(32)19-37-22-14-8-4-9-15-22)28(31)39-40(35,36)23-16-10-5-11-17-23/h3-17,25-26,28H,1,18-19H2,2H3,(H,30,32)/t25-,26?,28-/m1/s1. The Hall–Kier alpha value is -4.09. The van der Waals surface area contributed by atoms with Crippen LogP contribution in [0.4, 0.5) is 0 Å². The lowest BCUT2D eigenvalue weighted by atomic mass is 9.99. The summed E-state index contributed by atoms with van der Waals surface area (Å²) < 4.78 is 37.4. The summed E-state index contributed by atoms with van der Waals surface area (Å²) in [6.07, 6.45) is 0. The number of amides is 2. The summed E-state index contributed by atoms with van der Waals surface area (Å²) in [5.74, 6) is -1.56. The molecule has 0 saturated carbocycles. The highest BCUT2D eigenvalue weighted by Crippen LogP contribution is 2.39. The minimum absolute atomic E-state index is 0.0234. The van der Waals surface area contributed by atoms with Crippen molar-refractivity contribution in [3.05, 3.63) is 109 Å². The molecule has 2 amide bonds. The lowest BCUT2D eigenvalue weighted by Crippen LogP contribution is -2.73. The number of nitrogens with zero attached hydrogens (tertiary/aromatic N) is 1. The number of β-lactam (4-membered cyclic amide) rings is 1. The molecule has 1 N–H and O–H groups in total. The molecule has 9 nitrogen and oxygen atoms in total. The highest BCUT2D eigenvalue weighted by molar-refractivity contribution is 8.72. The number of likely N-dealkylation sites (tertiary alicyclic amines) is 1. The molecule has 0 bridgehead atoms. The Bertz CT molecular complexity index is 1470. The van der Waals surface area contributed by atoms with Crippen LogP contribution in [0.1, 0.15) is 12.5 Å². The number of nitrogens with one attached hydrogen (secondary N) is 1. The molecule has 208 valence electrons. The van der Waals surface area contributed by atoms with Gasteiger partial charge in [-0.25, -0.2) is 13.2 Å². The predicted molar refractivity (Wildman–Crippen MR) is 151 cm³/mol. The van der Waals surface area contributed by atoms with Crippen LogP contribution in [0.2, 0.25) is 0 Å². The maximum absolute atomic E-state index is 13.3. The molecule has 4 rings (SSSR count). The monoisotopic (exact) mass is 580 g/mol. The number of hydrogen-bond donors (Lipinski definition) is 1. The average molecular weight is 581 g/mol. The minimum atomic E-state index is -3.98. The van der Waals surface area contributed by atoms with E-state index in [1.54, 1.807) is 79.7 Å². The molecule has 0 spiro atoms. The number of carbonyl (C=O) groups is 3. The molecule has 1 aliphatic rings. The molecule has 1 heterocycles. The van der Waals surface area contributed by atoms with Crippen LogP contribution < -0.4 is 10.1 Å². The number of rotatable bonds is 12. The smallest absolute Gasteiger partial charge is 0.333 e. The molecular formula is C29H28N2O7S2. The van der Waals surface area contributed by atoms with E-state index in [0.29, 0.717) is 16.5 Å². The van der Waals surface area contributed by atoms with Gasteiger partial charge in [-0.05, 0) is 42.3 Å². The van der Waals surface area contributed by atoms with Crippen molar-refractivity contribution in [2.45, 2.75) is 35.9 Å². The number of para-hydroxylation sites is 1. The van der Waals surface area contributed by atoms with Crippen LogP contribution in [0.15, 0.2) is 108 Å². The topological polar surface area (TPSA) is 119 Å². The number of ether oxygens (including phenoxy) is 2. The molecule has 1 fully saturated rings. The van der Waals surface area contributed by atoms with E-state index in [0.717, 1.165) is 10.5 Å². The highest BCUT2D eigenvalue weighted by atomic mass is 33.1. The Kier molecular flexibility index (Phi) is 9.28. The van der Waals surface area contributed by atoms with E-state index < -0.39 is 44.1 Å². The zero-order valence-electron chi connectivity index (χ0n) is 21.6. The molecule has 3 atom stereocenters. The van der Waals surface area contributed by atoms with E-state index in [4.69, 9.17) is 9.47 Å². The van der Waals surface area contributed by atoms with Crippen LogP contribution in [-0.4, -0.2) is 55.2 Å². The van der Waals surface area contributed by atoms with Crippen LogP contribution >= 0.6 is 10.8 Å². The molecule has 0 aromatic heterocycles. The van der Waals surface area contributed by atoms with Gasteiger partial charge >= 0.3 is 5.97 Å². The summed E-state index contributed by atoms with van der Waals surface area (Å²) >= 11 is 0. The SMILES string of the molecule is C=C(C)C(C(=O)OCc1ccccc1)N1C(=O)[C@@H](NC(=O)COc2ccccc2)[C@H]1SS(=O)(=O)c1ccccc1. The van der Waals surface area contributed by atoms with Crippen molar-refractivity contribution in [2.24, 2.45) is 0 Å². The first-order valence-electron chi connectivity index (χ1n) is 12.3. The fourth-order valence-electron chi connectivity index (χ4n) is 4.01. The normalized spacial score (nSPS) is 17.3. The summed E-state index contributed by atoms with van der Waals surface area (Å²) in [6, 6.07) is 22.8. The maximum Gasteiger partial charge on any atom is 0.333 e. The van der Waals surface area contributed by atoms with Crippen LogP contribution in [-0.2, 0) is 34.6 Å². The van der Waals surface area contributed by atoms with Crippen molar-refractivity contribution in [1.82, 2.24) is 10.2 Å². The summed E-state index contributed by atoms with van der Waals surface area (Å²) in [5, 5.41) is 1.42. The van der Waals surface area contributed by atoms with E-state index in [1.165, 1.54) is 12.1 Å². The largest absolute Gasteiger partial charge is 0.484 e. The summed E-state index contributed by atoms with van der Waals surface area (Å²) in [5.41, 5.74) is 1.03. The van der Waals surface area contributed by atoms with E-state index in [-0.39, 0.29) is 23.7 Å². The van der Waals surface area contributed by atoms with Crippen molar-refractivity contribution in [3.8, 4) is 5.75 Å². The molecule has 3 aromatic carbocycles. The van der Waals surface area contributed by atoms with Gasteiger partial charge < -0.3 is 19.7 Å². The second-order valence-corrected chi connectivity index (χ2v) is 12.9. The Morgan fingerprint density at radius 2 is 1.55 bits per heavy atom. The first-order chi connectivity index (χ1) is 19.2. The molecule has 0 radical (unpaired) electrons. The fraction of sp³-hybridized carbons (Fsp3) is 0.207. The van der Waals surface area contributed by atoms with Gasteiger partial charge in [0, 0.05) is 10.8 Å². The Morgan fingerprint density at radius 1 is 0.975 bits per heavy atom. The van der Waals surface area contributed by atoms with Gasteiger partial charge in [-0.1, -0.05) is 73.3 Å². The van der Waals surface area contributed by atoms with E-state index >= 15 is 0 Å². The third-order valence-corrected chi connectivity index (χ3v) is 9.69. The summed E-state index contributed by atoms with van der Waals surface area (Å²) in [7, 11) is -3.51. The zero-order valence-corrected chi connectivity index (χ0v) is 23.3. The maximum atomic E-state index is 13.3. The van der Waals surface area contributed by atoms with Crippen molar-refractivity contribution >= 4 is 37.4 Å². The number of benzene rings is 3. The molecule has 0 aliphatic carbocycles. The van der Waals surface area contributed by atoms with Gasteiger partial charge in [0.25, 0.3) is 5.91 Å². The van der Waals surface area contributed by atoms with Crippen molar-refractivity contribution in [1.29, 1.82) is 0 Å². The average Bonchev–Trinajstić information content (AvgIpc) is 2.97. The zero-order chi connectivity index (χ0) is 28.7. The van der Waals surface area contributed by atoms with Gasteiger partial charge in [-0.15, -0.1) is 0 Å². The quantitative estimate of drug-likeness (QED) is 0.150. The van der Waals surface area contributed by atoms with Crippen LogP contribution in [0.5, 0.6) is 5.75 Å². The van der Waals surface area contributed by atoms with Crippen molar-refractivity contribution < 1.29 is 32.3 Å². The number of hydrogen-bond acceptors (Lipinski definition) is 8. The lowest BCUT2D eigenvalue weighted by Gasteiger charge is -2.49. The van der Waals surface area contributed by atoms with E-state index in [2.05, 4.69) is 11.9 Å². The second kappa shape index (κ2) is 12.8. The van der Waals surface area contributed by atoms with Gasteiger partial charge in [0.2, 0.25) is 14.8 Å².